The smallest absolute Gasteiger partial charge is 0.222 e. The topological polar surface area (TPSA) is 63.8 Å². The third-order valence-corrected chi connectivity index (χ3v) is 3.93. The third-order valence-electron chi connectivity index (χ3n) is 3.41. The van der Waals surface area contributed by atoms with Crippen molar-refractivity contribution in [3.05, 3.63) is 57.9 Å². The quantitative estimate of drug-likeness (QED) is 0.677. The molecule has 6 heteroatoms. The summed E-state index contributed by atoms with van der Waals surface area (Å²) in [6.45, 7) is 0.782. The number of para-hydroxylation sites is 1. The Hall–Kier alpha value is -2.34. The standard InChI is InChI=1S/C16H13BrN2O3/c17-11-5-7-12(8-6-11)22-10-9-19-14-4-2-1-3-13(14)15(18-21)16(19)20/h1-8,20H,9-10H2. The van der Waals surface area contributed by atoms with E-state index in [0.29, 0.717) is 18.5 Å². The predicted octanol–water partition coefficient (Wildman–Crippen LogP) is 4.59. The fraction of sp³-hybridized carbons (Fsp3) is 0.125. The van der Waals surface area contributed by atoms with E-state index < -0.39 is 0 Å². The van der Waals surface area contributed by atoms with Crippen molar-refractivity contribution in [2.45, 2.75) is 6.54 Å². The molecular weight excluding hydrogens is 348 g/mol. The summed E-state index contributed by atoms with van der Waals surface area (Å²) >= 11 is 3.36. The van der Waals surface area contributed by atoms with E-state index in [1.807, 2.05) is 36.4 Å². The van der Waals surface area contributed by atoms with Gasteiger partial charge >= 0.3 is 0 Å². The van der Waals surface area contributed by atoms with Crippen LogP contribution < -0.4 is 4.74 Å². The average Bonchev–Trinajstić information content (AvgIpc) is 2.81. The van der Waals surface area contributed by atoms with E-state index in [1.165, 1.54) is 0 Å². The summed E-state index contributed by atoms with van der Waals surface area (Å²) in [7, 11) is 0. The summed E-state index contributed by atoms with van der Waals surface area (Å²) in [5.74, 6) is 0.614. The van der Waals surface area contributed by atoms with Crippen molar-refractivity contribution < 1.29 is 9.84 Å². The first-order valence-corrected chi connectivity index (χ1v) is 7.52. The lowest BCUT2D eigenvalue weighted by atomic mass is 10.2. The number of ether oxygens (including phenoxy) is 1. The van der Waals surface area contributed by atoms with Crippen LogP contribution in [0.4, 0.5) is 5.69 Å². The molecule has 0 radical (unpaired) electrons. The Bertz CT molecular complexity index is 812. The van der Waals surface area contributed by atoms with Gasteiger partial charge < -0.3 is 14.4 Å². The lowest BCUT2D eigenvalue weighted by Gasteiger charge is -2.09. The first-order chi connectivity index (χ1) is 10.7. The highest BCUT2D eigenvalue weighted by molar-refractivity contribution is 9.10. The number of aromatic hydroxyl groups is 1. The minimum absolute atomic E-state index is 0.0687. The number of nitrogens with zero attached hydrogens (tertiary/aromatic N) is 2. The van der Waals surface area contributed by atoms with Crippen molar-refractivity contribution in [3.8, 4) is 11.6 Å². The lowest BCUT2D eigenvalue weighted by molar-refractivity contribution is 0.290. The minimum Gasteiger partial charge on any atom is -0.493 e. The van der Waals surface area contributed by atoms with Gasteiger partial charge in [-0.3, -0.25) is 0 Å². The zero-order valence-corrected chi connectivity index (χ0v) is 13.2. The maximum absolute atomic E-state index is 10.9. The number of hydrogen-bond donors (Lipinski definition) is 1. The van der Waals surface area contributed by atoms with Gasteiger partial charge in [-0.2, -0.15) is 0 Å². The van der Waals surface area contributed by atoms with Gasteiger partial charge in [-0.25, -0.2) is 0 Å². The van der Waals surface area contributed by atoms with Crippen molar-refractivity contribution in [2.75, 3.05) is 6.61 Å². The van der Waals surface area contributed by atoms with E-state index in [4.69, 9.17) is 4.74 Å². The fourth-order valence-electron chi connectivity index (χ4n) is 2.37. The normalized spacial score (nSPS) is 10.8. The van der Waals surface area contributed by atoms with Crippen LogP contribution in [0.3, 0.4) is 0 Å². The van der Waals surface area contributed by atoms with Crippen molar-refractivity contribution in [1.82, 2.24) is 4.57 Å². The number of hydrogen-bond acceptors (Lipinski definition) is 4. The van der Waals surface area contributed by atoms with E-state index >= 15 is 0 Å². The Kier molecular flexibility index (Phi) is 4.11. The Morgan fingerprint density at radius 1 is 1.14 bits per heavy atom. The van der Waals surface area contributed by atoms with Crippen LogP contribution in [0.1, 0.15) is 0 Å². The van der Waals surface area contributed by atoms with E-state index in [0.717, 1.165) is 15.7 Å². The van der Waals surface area contributed by atoms with Gasteiger partial charge in [0.05, 0.1) is 12.1 Å². The Labute approximate surface area is 135 Å². The Morgan fingerprint density at radius 2 is 1.86 bits per heavy atom. The van der Waals surface area contributed by atoms with Gasteiger partial charge in [0.2, 0.25) is 5.88 Å². The minimum atomic E-state index is -0.129. The molecule has 0 saturated heterocycles. The highest BCUT2D eigenvalue weighted by atomic mass is 79.9. The SMILES string of the molecule is O=Nc1c(O)n(CCOc2ccc(Br)cc2)c2ccccc12. The van der Waals surface area contributed by atoms with Gasteiger partial charge in [-0.05, 0) is 35.5 Å². The zero-order valence-electron chi connectivity index (χ0n) is 11.6. The average molecular weight is 361 g/mol. The second-order valence-electron chi connectivity index (χ2n) is 4.73. The van der Waals surface area contributed by atoms with Crippen molar-refractivity contribution in [2.24, 2.45) is 5.18 Å². The van der Waals surface area contributed by atoms with Crippen LogP contribution >= 0.6 is 15.9 Å². The molecule has 0 aliphatic carbocycles. The molecule has 1 N–H and O–H groups in total. The molecule has 0 spiro atoms. The first kappa shape index (κ1) is 14.6. The molecule has 22 heavy (non-hydrogen) atoms. The number of benzene rings is 2. The van der Waals surface area contributed by atoms with E-state index in [-0.39, 0.29) is 11.6 Å². The molecule has 0 aliphatic rings. The largest absolute Gasteiger partial charge is 0.493 e. The number of nitroso groups, excluding NO2 is 1. The van der Waals surface area contributed by atoms with Crippen molar-refractivity contribution in [3.63, 3.8) is 0 Å². The van der Waals surface area contributed by atoms with Crippen LogP contribution in [0.2, 0.25) is 0 Å². The van der Waals surface area contributed by atoms with Gasteiger partial charge in [-0.15, -0.1) is 4.91 Å². The molecular formula is C16H13BrN2O3. The van der Waals surface area contributed by atoms with Crippen LogP contribution in [0.25, 0.3) is 10.9 Å². The zero-order chi connectivity index (χ0) is 15.5. The highest BCUT2D eigenvalue weighted by Crippen LogP contribution is 2.38. The fourth-order valence-corrected chi connectivity index (χ4v) is 2.64. The molecule has 0 unspecified atom stereocenters. The van der Waals surface area contributed by atoms with Gasteiger partial charge in [0.1, 0.15) is 12.4 Å². The Morgan fingerprint density at radius 3 is 2.59 bits per heavy atom. The lowest BCUT2D eigenvalue weighted by Crippen LogP contribution is -2.07. The first-order valence-electron chi connectivity index (χ1n) is 6.72. The number of halogens is 1. The maximum Gasteiger partial charge on any atom is 0.222 e. The summed E-state index contributed by atoms with van der Waals surface area (Å²) in [6.07, 6.45) is 0. The molecule has 0 bridgehead atoms. The molecule has 1 heterocycles. The van der Waals surface area contributed by atoms with Crippen LogP contribution in [-0.2, 0) is 6.54 Å². The van der Waals surface area contributed by atoms with Gasteiger partial charge in [-0.1, -0.05) is 34.1 Å². The summed E-state index contributed by atoms with van der Waals surface area (Å²) < 4.78 is 8.26. The molecule has 0 saturated carbocycles. The Balaban J connectivity index is 1.80. The molecule has 0 aliphatic heterocycles. The maximum atomic E-state index is 10.9. The molecule has 2 aromatic carbocycles. The van der Waals surface area contributed by atoms with E-state index in [1.54, 1.807) is 16.7 Å². The van der Waals surface area contributed by atoms with Crippen molar-refractivity contribution in [1.29, 1.82) is 0 Å². The molecule has 112 valence electrons. The molecule has 3 rings (SSSR count). The van der Waals surface area contributed by atoms with Gasteiger partial charge in [0.25, 0.3) is 0 Å². The predicted molar refractivity (Wildman–Crippen MR) is 88.7 cm³/mol. The molecule has 0 amide bonds. The van der Waals surface area contributed by atoms with Crippen LogP contribution in [0, 0.1) is 4.91 Å². The monoisotopic (exact) mass is 360 g/mol. The van der Waals surface area contributed by atoms with Crippen molar-refractivity contribution >= 4 is 32.5 Å². The molecule has 1 aromatic heterocycles. The van der Waals surface area contributed by atoms with Crippen LogP contribution in [0.5, 0.6) is 11.6 Å². The number of rotatable bonds is 5. The third kappa shape index (κ3) is 2.69. The summed E-state index contributed by atoms with van der Waals surface area (Å²) in [5, 5.41) is 13.7. The molecule has 0 atom stereocenters. The molecule has 3 aromatic rings. The van der Waals surface area contributed by atoms with E-state index in [2.05, 4.69) is 21.1 Å². The second kappa shape index (κ2) is 6.19. The van der Waals surface area contributed by atoms with Gasteiger partial charge in [0.15, 0.2) is 5.69 Å². The molecule has 0 fully saturated rings. The van der Waals surface area contributed by atoms with E-state index in [9.17, 15) is 10.0 Å². The van der Waals surface area contributed by atoms with Gasteiger partial charge in [0, 0.05) is 9.86 Å². The van der Waals surface area contributed by atoms with Crippen LogP contribution in [-0.4, -0.2) is 16.3 Å². The van der Waals surface area contributed by atoms with Crippen LogP contribution in [0.15, 0.2) is 58.2 Å². The highest BCUT2D eigenvalue weighted by Gasteiger charge is 2.16. The summed E-state index contributed by atoms with van der Waals surface area (Å²) in [5.41, 5.74) is 0.827. The molecule has 5 nitrogen and oxygen atoms in total. The second-order valence-corrected chi connectivity index (χ2v) is 5.65. The number of fused-ring (bicyclic) bond motifs is 1. The number of aromatic nitrogens is 1. The summed E-state index contributed by atoms with van der Waals surface area (Å²) in [6, 6.07) is 14.8. The summed E-state index contributed by atoms with van der Waals surface area (Å²) in [4.78, 5) is 10.9.